The lowest BCUT2D eigenvalue weighted by Crippen LogP contribution is -2.48. The number of hydrogen-bond acceptors (Lipinski definition) is 4. The molecule has 1 aromatic rings. The standard InChI is InChI=1S/C13H20N4O/c1-2-5-13(6-3-7-14-10-13)11(18)17-12-15-8-4-9-16-12/h4,8-9,14H,2-3,5-7,10H2,1H3,(H,15,16,17,18). The van der Waals surface area contributed by atoms with Gasteiger partial charge in [0.25, 0.3) is 0 Å². The van der Waals surface area contributed by atoms with Crippen molar-refractivity contribution < 1.29 is 4.79 Å². The first-order valence-corrected chi connectivity index (χ1v) is 6.56. The van der Waals surface area contributed by atoms with Crippen molar-refractivity contribution >= 4 is 11.9 Å². The van der Waals surface area contributed by atoms with Crippen LogP contribution in [0.2, 0.25) is 0 Å². The maximum absolute atomic E-state index is 12.4. The molecule has 18 heavy (non-hydrogen) atoms. The summed E-state index contributed by atoms with van der Waals surface area (Å²) in [6.07, 6.45) is 7.15. The van der Waals surface area contributed by atoms with E-state index in [0.29, 0.717) is 5.95 Å². The molecule has 0 aliphatic carbocycles. The summed E-state index contributed by atoms with van der Waals surface area (Å²) >= 11 is 0. The molecular formula is C13H20N4O. The third-order valence-electron chi connectivity index (χ3n) is 3.47. The third kappa shape index (κ3) is 2.85. The van der Waals surface area contributed by atoms with Crippen molar-refractivity contribution in [3.63, 3.8) is 0 Å². The molecular weight excluding hydrogens is 228 g/mol. The van der Waals surface area contributed by atoms with Gasteiger partial charge in [-0.05, 0) is 31.9 Å². The molecule has 1 unspecified atom stereocenters. The van der Waals surface area contributed by atoms with Gasteiger partial charge in [-0.25, -0.2) is 9.97 Å². The number of carbonyl (C=O) groups excluding carboxylic acids is 1. The van der Waals surface area contributed by atoms with E-state index in [-0.39, 0.29) is 11.3 Å². The van der Waals surface area contributed by atoms with Crippen molar-refractivity contribution in [2.24, 2.45) is 5.41 Å². The van der Waals surface area contributed by atoms with Crippen molar-refractivity contribution in [2.45, 2.75) is 32.6 Å². The van der Waals surface area contributed by atoms with Crippen molar-refractivity contribution in [1.29, 1.82) is 0 Å². The Morgan fingerprint density at radius 2 is 2.28 bits per heavy atom. The van der Waals surface area contributed by atoms with Crippen LogP contribution >= 0.6 is 0 Å². The van der Waals surface area contributed by atoms with Crippen LogP contribution in [0.3, 0.4) is 0 Å². The fraction of sp³-hybridized carbons (Fsp3) is 0.615. The van der Waals surface area contributed by atoms with Crippen LogP contribution in [0.4, 0.5) is 5.95 Å². The van der Waals surface area contributed by atoms with Crippen LogP contribution in [0.1, 0.15) is 32.6 Å². The molecule has 0 bridgehead atoms. The maximum atomic E-state index is 12.4. The van der Waals surface area contributed by atoms with E-state index < -0.39 is 0 Å². The monoisotopic (exact) mass is 248 g/mol. The summed E-state index contributed by atoms with van der Waals surface area (Å²) in [4.78, 5) is 20.5. The zero-order valence-electron chi connectivity index (χ0n) is 10.8. The fourth-order valence-electron chi connectivity index (χ4n) is 2.56. The molecule has 1 atom stereocenters. The van der Waals surface area contributed by atoms with Crippen molar-refractivity contribution in [3.8, 4) is 0 Å². The molecule has 0 saturated carbocycles. The molecule has 5 heteroatoms. The highest BCUT2D eigenvalue weighted by atomic mass is 16.2. The topological polar surface area (TPSA) is 66.9 Å². The molecule has 5 nitrogen and oxygen atoms in total. The van der Waals surface area contributed by atoms with Crippen LogP contribution < -0.4 is 10.6 Å². The van der Waals surface area contributed by atoms with Gasteiger partial charge in [0.15, 0.2) is 0 Å². The third-order valence-corrected chi connectivity index (χ3v) is 3.47. The van der Waals surface area contributed by atoms with E-state index in [1.807, 2.05) is 0 Å². The Hall–Kier alpha value is -1.49. The largest absolute Gasteiger partial charge is 0.316 e. The number of nitrogens with zero attached hydrogens (tertiary/aromatic N) is 2. The van der Waals surface area contributed by atoms with E-state index in [0.717, 1.165) is 38.8 Å². The Bertz CT molecular complexity index is 382. The number of amides is 1. The van der Waals surface area contributed by atoms with Crippen LogP contribution in [0, 0.1) is 5.41 Å². The lowest BCUT2D eigenvalue weighted by molar-refractivity contribution is -0.127. The summed E-state index contributed by atoms with van der Waals surface area (Å²) in [5, 5.41) is 6.16. The zero-order chi connectivity index (χ0) is 12.8. The second-order valence-electron chi connectivity index (χ2n) is 4.84. The van der Waals surface area contributed by atoms with Gasteiger partial charge in [-0.15, -0.1) is 0 Å². The number of nitrogens with one attached hydrogen (secondary N) is 2. The van der Waals surface area contributed by atoms with Crippen molar-refractivity contribution in [2.75, 3.05) is 18.4 Å². The average molecular weight is 248 g/mol. The first-order chi connectivity index (χ1) is 8.77. The number of carbonyl (C=O) groups is 1. The zero-order valence-corrected chi connectivity index (χ0v) is 10.8. The Kier molecular flexibility index (Phi) is 4.25. The van der Waals surface area contributed by atoms with E-state index in [4.69, 9.17) is 0 Å². The molecule has 0 spiro atoms. The number of anilines is 1. The molecule has 1 fully saturated rings. The van der Waals surface area contributed by atoms with Gasteiger partial charge in [-0.1, -0.05) is 13.3 Å². The molecule has 1 saturated heterocycles. The summed E-state index contributed by atoms with van der Waals surface area (Å²) in [5.41, 5.74) is -0.299. The highest BCUT2D eigenvalue weighted by Crippen LogP contribution is 2.32. The van der Waals surface area contributed by atoms with Gasteiger partial charge in [0.1, 0.15) is 0 Å². The van der Waals surface area contributed by atoms with E-state index in [9.17, 15) is 4.79 Å². The first kappa shape index (κ1) is 13.0. The lowest BCUT2D eigenvalue weighted by atomic mass is 9.76. The van der Waals surface area contributed by atoms with Crippen LogP contribution in [-0.2, 0) is 4.79 Å². The Morgan fingerprint density at radius 1 is 1.50 bits per heavy atom. The molecule has 1 amide bonds. The summed E-state index contributed by atoms with van der Waals surface area (Å²) in [7, 11) is 0. The van der Waals surface area contributed by atoms with Gasteiger partial charge in [0.05, 0.1) is 5.41 Å². The molecule has 1 aliphatic heterocycles. The number of piperidine rings is 1. The van der Waals surface area contributed by atoms with Crippen LogP contribution in [-0.4, -0.2) is 29.0 Å². The maximum Gasteiger partial charge on any atom is 0.234 e. The van der Waals surface area contributed by atoms with E-state index >= 15 is 0 Å². The van der Waals surface area contributed by atoms with Gasteiger partial charge in [0, 0.05) is 18.9 Å². The smallest absolute Gasteiger partial charge is 0.234 e. The SMILES string of the molecule is CCCC1(C(=O)Nc2ncccn2)CCCNC1. The molecule has 1 aliphatic rings. The van der Waals surface area contributed by atoms with Crippen molar-refractivity contribution in [1.82, 2.24) is 15.3 Å². The quantitative estimate of drug-likeness (QED) is 0.849. The molecule has 0 radical (unpaired) electrons. The Labute approximate surface area is 107 Å². The second kappa shape index (κ2) is 5.91. The molecule has 2 rings (SSSR count). The first-order valence-electron chi connectivity index (χ1n) is 6.56. The highest BCUT2D eigenvalue weighted by Gasteiger charge is 2.38. The molecule has 2 N–H and O–H groups in total. The number of aromatic nitrogens is 2. The summed E-state index contributed by atoms with van der Waals surface area (Å²) < 4.78 is 0. The second-order valence-corrected chi connectivity index (χ2v) is 4.84. The lowest BCUT2D eigenvalue weighted by Gasteiger charge is -2.35. The minimum Gasteiger partial charge on any atom is -0.316 e. The van der Waals surface area contributed by atoms with E-state index in [1.54, 1.807) is 18.5 Å². The molecule has 2 heterocycles. The van der Waals surface area contributed by atoms with Crippen molar-refractivity contribution in [3.05, 3.63) is 18.5 Å². The van der Waals surface area contributed by atoms with E-state index in [2.05, 4.69) is 27.5 Å². The number of rotatable bonds is 4. The molecule has 0 aromatic carbocycles. The minimum atomic E-state index is -0.299. The van der Waals surface area contributed by atoms with Crippen LogP contribution in [0.15, 0.2) is 18.5 Å². The van der Waals surface area contributed by atoms with Gasteiger partial charge >= 0.3 is 0 Å². The van der Waals surface area contributed by atoms with E-state index in [1.165, 1.54) is 0 Å². The minimum absolute atomic E-state index is 0.0442. The average Bonchev–Trinajstić information content (AvgIpc) is 2.41. The predicted octanol–water partition coefficient (Wildman–Crippen LogP) is 1.58. The summed E-state index contributed by atoms with van der Waals surface area (Å²) in [5.74, 6) is 0.436. The van der Waals surface area contributed by atoms with Gasteiger partial charge in [-0.3, -0.25) is 10.1 Å². The molecule has 1 aromatic heterocycles. The Balaban J connectivity index is 2.08. The van der Waals surface area contributed by atoms with Gasteiger partial charge in [-0.2, -0.15) is 0 Å². The fourth-order valence-corrected chi connectivity index (χ4v) is 2.56. The van der Waals surface area contributed by atoms with Crippen LogP contribution in [0.5, 0.6) is 0 Å². The normalized spacial score (nSPS) is 23.6. The van der Waals surface area contributed by atoms with Gasteiger partial charge in [0.2, 0.25) is 11.9 Å². The summed E-state index contributed by atoms with van der Waals surface area (Å²) in [6.45, 7) is 3.86. The molecule has 98 valence electrons. The predicted molar refractivity (Wildman–Crippen MR) is 70.1 cm³/mol. The number of hydrogen-bond donors (Lipinski definition) is 2. The highest BCUT2D eigenvalue weighted by molar-refractivity contribution is 5.94. The van der Waals surface area contributed by atoms with Crippen LogP contribution in [0.25, 0.3) is 0 Å². The summed E-state index contributed by atoms with van der Waals surface area (Å²) in [6, 6.07) is 1.74. The Morgan fingerprint density at radius 3 is 2.89 bits per heavy atom. The van der Waals surface area contributed by atoms with Gasteiger partial charge < -0.3 is 5.32 Å².